The minimum atomic E-state index is -0.844. The van der Waals surface area contributed by atoms with Gasteiger partial charge in [-0.2, -0.15) is 5.10 Å². The molecule has 0 radical (unpaired) electrons. The summed E-state index contributed by atoms with van der Waals surface area (Å²) in [5.41, 5.74) is 7.31. The molecule has 0 fully saturated rings. The lowest BCUT2D eigenvalue weighted by atomic mass is 10.2. The Bertz CT molecular complexity index is 793. The highest BCUT2D eigenvalue weighted by atomic mass is 19.1. The lowest BCUT2D eigenvalue weighted by Crippen LogP contribution is -2.24. The molecule has 0 saturated heterocycles. The van der Waals surface area contributed by atoms with Crippen molar-refractivity contribution in [2.45, 2.75) is 0 Å². The van der Waals surface area contributed by atoms with Gasteiger partial charge in [-0.15, -0.1) is 0 Å². The predicted octanol–water partition coefficient (Wildman–Crippen LogP) is 2.06. The zero-order valence-electron chi connectivity index (χ0n) is 12.7. The maximum Gasteiger partial charge on any atom is 0.346 e. The zero-order chi connectivity index (χ0) is 17.5. The van der Waals surface area contributed by atoms with E-state index in [9.17, 15) is 14.0 Å². The maximum atomic E-state index is 13.6. The number of benzene rings is 2. The number of hydrogen-bond acceptors (Lipinski definition) is 5. The van der Waals surface area contributed by atoms with Crippen LogP contribution >= 0.6 is 0 Å². The number of rotatable bonds is 5. The van der Waals surface area contributed by atoms with E-state index in [2.05, 4.69) is 5.10 Å². The average Bonchev–Trinajstić information content (AvgIpc) is 2.56. The second-order valence-electron chi connectivity index (χ2n) is 4.51. The first-order valence-electron chi connectivity index (χ1n) is 6.74. The minimum absolute atomic E-state index is 0.116. The summed E-state index contributed by atoms with van der Waals surface area (Å²) in [6.07, 6.45) is 1.33. The molecule has 8 heteroatoms. The number of nitrogens with one attached hydrogen (secondary N) is 1. The topological polar surface area (TPSA) is 103 Å². The van der Waals surface area contributed by atoms with E-state index >= 15 is 0 Å². The molecule has 0 aliphatic carbocycles. The fourth-order valence-corrected chi connectivity index (χ4v) is 1.80. The maximum absolute atomic E-state index is 13.6. The van der Waals surface area contributed by atoms with Gasteiger partial charge in [0.25, 0.3) is 0 Å². The van der Waals surface area contributed by atoms with E-state index in [0.29, 0.717) is 5.56 Å². The fourth-order valence-electron chi connectivity index (χ4n) is 1.80. The van der Waals surface area contributed by atoms with Crippen LogP contribution in [0.3, 0.4) is 0 Å². The molecule has 0 aliphatic rings. The molecule has 0 aliphatic heterocycles. The van der Waals surface area contributed by atoms with Crippen LogP contribution in [0.1, 0.15) is 15.9 Å². The van der Waals surface area contributed by atoms with Crippen LogP contribution in [0.4, 0.5) is 9.18 Å². The van der Waals surface area contributed by atoms with Gasteiger partial charge in [-0.05, 0) is 35.9 Å². The number of primary amides is 1. The number of methoxy groups -OCH3 is 1. The Morgan fingerprint density at radius 2 is 1.96 bits per heavy atom. The minimum Gasteiger partial charge on any atom is -0.493 e. The highest BCUT2D eigenvalue weighted by molar-refractivity contribution is 5.92. The average molecular weight is 331 g/mol. The van der Waals surface area contributed by atoms with Crippen molar-refractivity contribution in [3.05, 3.63) is 59.4 Å². The summed E-state index contributed by atoms with van der Waals surface area (Å²) in [7, 11) is 1.39. The summed E-state index contributed by atoms with van der Waals surface area (Å²) >= 11 is 0. The van der Waals surface area contributed by atoms with Gasteiger partial charge >= 0.3 is 12.0 Å². The molecule has 7 nitrogen and oxygen atoms in total. The normalized spacial score (nSPS) is 10.4. The summed E-state index contributed by atoms with van der Waals surface area (Å²) in [4.78, 5) is 22.6. The lowest BCUT2D eigenvalue weighted by Gasteiger charge is -2.10. The van der Waals surface area contributed by atoms with Gasteiger partial charge in [0.05, 0.1) is 18.9 Å². The zero-order valence-corrected chi connectivity index (χ0v) is 12.7. The number of nitrogens with zero attached hydrogens (tertiary/aromatic N) is 1. The number of ether oxygens (including phenoxy) is 2. The second kappa shape index (κ2) is 7.73. The Morgan fingerprint density at radius 3 is 2.62 bits per heavy atom. The second-order valence-corrected chi connectivity index (χ2v) is 4.51. The van der Waals surface area contributed by atoms with Gasteiger partial charge in [0.2, 0.25) is 0 Å². The van der Waals surface area contributed by atoms with Crippen molar-refractivity contribution >= 4 is 18.2 Å². The number of nitrogens with two attached hydrogens (primary N) is 1. The first kappa shape index (κ1) is 16.9. The summed E-state index contributed by atoms with van der Waals surface area (Å²) in [6, 6.07) is 9.25. The first-order chi connectivity index (χ1) is 11.5. The Kier molecular flexibility index (Phi) is 5.45. The standard InChI is InChI=1S/C16H14FN3O4/c1-23-14-8-10(9-19-20-16(18)22)6-7-13(14)24-15(21)11-4-2-3-5-12(11)17/h2-9H,1H3,(H3,18,20,22)/b19-9+. The monoisotopic (exact) mass is 331 g/mol. The van der Waals surface area contributed by atoms with Crippen molar-refractivity contribution in [2.24, 2.45) is 10.8 Å². The smallest absolute Gasteiger partial charge is 0.346 e. The van der Waals surface area contributed by atoms with Crippen molar-refractivity contribution in [3.63, 3.8) is 0 Å². The SMILES string of the molecule is COc1cc(/C=N/NC(N)=O)ccc1OC(=O)c1ccccc1F. The quantitative estimate of drug-likeness (QED) is 0.379. The molecule has 2 rings (SSSR count). The molecule has 2 amide bonds. The fraction of sp³-hybridized carbons (Fsp3) is 0.0625. The third kappa shape index (κ3) is 4.29. The van der Waals surface area contributed by atoms with Crippen LogP contribution in [-0.4, -0.2) is 25.3 Å². The number of halogens is 1. The van der Waals surface area contributed by atoms with Gasteiger partial charge in [-0.3, -0.25) is 0 Å². The molecule has 0 aromatic heterocycles. The van der Waals surface area contributed by atoms with E-state index in [0.717, 1.165) is 0 Å². The molecule has 0 atom stereocenters. The molecule has 2 aromatic carbocycles. The number of carbonyl (C=O) groups excluding carboxylic acids is 2. The van der Waals surface area contributed by atoms with E-state index in [4.69, 9.17) is 15.2 Å². The van der Waals surface area contributed by atoms with Crippen LogP contribution in [0.5, 0.6) is 11.5 Å². The van der Waals surface area contributed by atoms with Gasteiger partial charge in [0.1, 0.15) is 5.82 Å². The molecule has 124 valence electrons. The van der Waals surface area contributed by atoms with Crippen LogP contribution in [0.15, 0.2) is 47.6 Å². The van der Waals surface area contributed by atoms with Crippen LogP contribution in [0.2, 0.25) is 0 Å². The van der Waals surface area contributed by atoms with E-state index in [1.54, 1.807) is 6.07 Å². The van der Waals surface area contributed by atoms with Crippen molar-refractivity contribution in [3.8, 4) is 11.5 Å². The van der Waals surface area contributed by atoms with Crippen molar-refractivity contribution < 1.29 is 23.5 Å². The largest absolute Gasteiger partial charge is 0.493 e. The van der Waals surface area contributed by atoms with Gasteiger partial charge in [-0.25, -0.2) is 19.4 Å². The van der Waals surface area contributed by atoms with Crippen LogP contribution < -0.4 is 20.6 Å². The number of esters is 1. The van der Waals surface area contributed by atoms with E-state index < -0.39 is 17.8 Å². The van der Waals surface area contributed by atoms with Crippen LogP contribution in [-0.2, 0) is 0 Å². The van der Waals surface area contributed by atoms with Gasteiger partial charge < -0.3 is 15.2 Å². The van der Waals surface area contributed by atoms with Gasteiger partial charge in [0, 0.05) is 0 Å². The van der Waals surface area contributed by atoms with Crippen molar-refractivity contribution in [1.29, 1.82) is 0 Å². The highest BCUT2D eigenvalue weighted by Crippen LogP contribution is 2.28. The number of hydrazone groups is 1. The lowest BCUT2D eigenvalue weighted by molar-refractivity contribution is 0.0725. The van der Waals surface area contributed by atoms with E-state index in [1.807, 2.05) is 5.43 Å². The summed E-state index contributed by atoms with van der Waals surface area (Å²) in [6.45, 7) is 0. The van der Waals surface area contributed by atoms with Crippen molar-refractivity contribution in [2.75, 3.05) is 7.11 Å². The van der Waals surface area contributed by atoms with Crippen LogP contribution in [0.25, 0.3) is 0 Å². The number of carbonyl (C=O) groups is 2. The van der Waals surface area contributed by atoms with Gasteiger partial charge in [0.15, 0.2) is 11.5 Å². The molecule has 0 unspecified atom stereocenters. The summed E-state index contributed by atoms with van der Waals surface area (Å²) in [5, 5.41) is 3.60. The van der Waals surface area contributed by atoms with Crippen molar-refractivity contribution in [1.82, 2.24) is 5.43 Å². The van der Waals surface area contributed by atoms with E-state index in [1.165, 1.54) is 49.7 Å². The Morgan fingerprint density at radius 1 is 1.21 bits per heavy atom. The Labute approximate surface area is 136 Å². The molecule has 0 bridgehead atoms. The number of urea groups is 1. The van der Waals surface area contributed by atoms with Crippen LogP contribution in [0, 0.1) is 5.82 Å². The van der Waals surface area contributed by atoms with E-state index in [-0.39, 0.29) is 17.1 Å². The molecule has 2 aromatic rings. The number of amides is 2. The predicted molar refractivity (Wildman–Crippen MR) is 84.7 cm³/mol. The molecule has 3 N–H and O–H groups in total. The molecule has 0 spiro atoms. The molecule has 0 heterocycles. The third-order valence-electron chi connectivity index (χ3n) is 2.87. The molecular formula is C16H14FN3O4. The molecule has 0 saturated carbocycles. The van der Waals surface area contributed by atoms with Gasteiger partial charge in [-0.1, -0.05) is 12.1 Å². The molecule has 24 heavy (non-hydrogen) atoms. The first-order valence-corrected chi connectivity index (χ1v) is 6.74. The Balaban J connectivity index is 2.19. The Hall–Kier alpha value is -3.42. The molecular weight excluding hydrogens is 317 g/mol. The third-order valence-corrected chi connectivity index (χ3v) is 2.87. The number of hydrogen-bond donors (Lipinski definition) is 2. The summed E-state index contributed by atoms with van der Waals surface area (Å²) in [5.74, 6) is -1.17. The highest BCUT2D eigenvalue weighted by Gasteiger charge is 2.16. The summed E-state index contributed by atoms with van der Waals surface area (Å²) < 4.78 is 23.9.